The lowest BCUT2D eigenvalue weighted by Gasteiger charge is -2.38. The van der Waals surface area contributed by atoms with Gasteiger partial charge in [0, 0.05) is 12.5 Å². The third-order valence-corrected chi connectivity index (χ3v) is 7.90. The average Bonchev–Trinajstić information content (AvgIpc) is 3.48. The van der Waals surface area contributed by atoms with E-state index in [1.165, 1.54) is 4.90 Å². The van der Waals surface area contributed by atoms with Crippen molar-refractivity contribution in [3.8, 4) is 0 Å². The number of aliphatic hydroxyl groups excluding tert-OH is 3. The summed E-state index contributed by atoms with van der Waals surface area (Å²) in [5.74, 6) is -0.898. The number of fused-ring (bicyclic) bond motifs is 1. The highest BCUT2D eigenvalue weighted by Gasteiger charge is 2.54. The Hall–Kier alpha value is -3.00. The molecule has 2 aromatic rings. The number of hydrogen-bond acceptors (Lipinski definition) is 6. The number of rotatable bonds is 11. The standard InChI is InChI=1S/C31H39NO6/c1-4-14-32-30(36)25-16-24(19(2)3)28(26(18-34)29(25)31(32)37)27(35)13-10-21(20-8-6-5-7-9-20)15-22-11-12-23(17-33)38-22/h5-9,11-12,15,19,25-27,29,33-35H,4,10,13-14,16-18H2,1-3H3/b21-15-/t25-,26+,27-,29-/m1/s1. The van der Waals surface area contributed by atoms with Gasteiger partial charge in [-0.15, -0.1) is 0 Å². The van der Waals surface area contributed by atoms with Gasteiger partial charge in [0.15, 0.2) is 0 Å². The zero-order valence-corrected chi connectivity index (χ0v) is 22.5. The molecule has 1 aromatic carbocycles. The largest absolute Gasteiger partial charge is 0.459 e. The number of hydrogen-bond donors (Lipinski definition) is 3. The monoisotopic (exact) mass is 521 g/mol. The van der Waals surface area contributed by atoms with E-state index in [1.807, 2.05) is 57.2 Å². The molecular formula is C31H39NO6. The maximum absolute atomic E-state index is 13.3. The van der Waals surface area contributed by atoms with Gasteiger partial charge in [-0.1, -0.05) is 56.7 Å². The minimum absolute atomic E-state index is 0.0712. The van der Waals surface area contributed by atoms with Crippen molar-refractivity contribution in [2.24, 2.45) is 23.7 Å². The Morgan fingerprint density at radius 2 is 1.84 bits per heavy atom. The van der Waals surface area contributed by atoms with Gasteiger partial charge in [0.05, 0.1) is 24.5 Å². The summed E-state index contributed by atoms with van der Waals surface area (Å²) in [4.78, 5) is 27.8. The van der Waals surface area contributed by atoms with Crippen molar-refractivity contribution >= 4 is 23.5 Å². The summed E-state index contributed by atoms with van der Waals surface area (Å²) in [7, 11) is 0. The summed E-state index contributed by atoms with van der Waals surface area (Å²) >= 11 is 0. The van der Waals surface area contributed by atoms with Crippen molar-refractivity contribution in [3.05, 3.63) is 70.7 Å². The van der Waals surface area contributed by atoms with Crippen LogP contribution in [0.1, 0.15) is 63.5 Å². The predicted octanol–water partition coefficient (Wildman–Crippen LogP) is 4.43. The Kier molecular flexibility index (Phi) is 9.03. The number of carbonyl (C=O) groups excluding carboxylic acids is 2. The second-order valence-corrected chi connectivity index (χ2v) is 10.6. The van der Waals surface area contributed by atoms with Crippen LogP contribution in [0.3, 0.4) is 0 Å². The molecule has 38 heavy (non-hydrogen) atoms. The van der Waals surface area contributed by atoms with Crippen LogP contribution >= 0.6 is 0 Å². The van der Waals surface area contributed by atoms with E-state index in [0.29, 0.717) is 43.7 Å². The molecule has 1 aliphatic heterocycles. The van der Waals surface area contributed by atoms with Crippen LogP contribution < -0.4 is 0 Å². The second-order valence-electron chi connectivity index (χ2n) is 10.6. The Morgan fingerprint density at radius 1 is 1.11 bits per heavy atom. The highest BCUT2D eigenvalue weighted by molar-refractivity contribution is 6.05. The lowest BCUT2D eigenvalue weighted by Crippen LogP contribution is -2.39. The molecule has 0 unspecified atom stereocenters. The fourth-order valence-corrected chi connectivity index (χ4v) is 6.08. The van der Waals surface area contributed by atoms with Crippen LogP contribution in [0.25, 0.3) is 11.6 Å². The van der Waals surface area contributed by atoms with Gasteiger partial charge in [-0.05, 0) is 66.5 Å². The molecule has 0 spiro atoms. The van der Waals surface area contributed by atoms with E-state index in [0.717, 1.165) is 22.3 Å². The number of imide groups is 1. The van der Waals surface area contributed by atoms with E-state index in [9.17, 15) is 24.9 Å². The second kappa shape index (κ2) is 12.2. The SMILES string of the molecule is CCCN1C(=O)[C@@H]2[C@@H](CC(C(C)C)=C([C@H](O)CC/C(=C/c3ccc(CO)o3)c3ccccc3)[C@@H]2CO)C1=O. The normalized spacial score (nSPS) is 23.0. The summed E-state index contributed by atoms with van der Waals surface area (Å²) in [6, 6.07) is 13.4. The maximum Gasteiger partial charge on any atom is 0.233 e. The van der Waals surface area contributed by atoms with Crippen LogP contribution in [0, 0.1) is 23.7 Å². The molecule has 0 radical (unpaired) electrons. The van der Waals surface area contributed by atoms with Gasteiger partial charge >= 0.3 is 0 Å². The van der Waals surface area contributed by atoms with Crippen molar-refractivity contribution in [2.45, 2.75) is 59.2 Å². The molecule has 204 valence electrons. The molecule has 2 amide bonds. The summed E-state index contributed by atoms with van der Waals surface area (Å²) in [5.41, 5.74) is 3.65. The number of carbonyl (C=O) groups is 2. The van der Waals surface area contributed by atoms with Gasteiger partial charge in [-0.25, -0.2) is 0 Å². The molecule has 7 nitrogen and oxygen atoms in total. The van der Waals surface area contributed by atoms with Crippen LogP contribution in [0.4, 0.5) is 0 Å². The number of likely N-dealkylation sites (tertiary alicyclic amines) is 1. The number of nitrogens with zero attached hydrogens (tertiary/aromatic N) is 1. The summed E-state index contributed by atoms with van der Waals surface area (Å²) in [6.45, 7) is 5.92. The summed E-state index contributed by atoms with van der Waals surface area (Å²) in [5, 5.41) is 31.4. The number of amides is 2. The first-order valence-corrected chi connectivity index (χ1v) is 13.6. The predicted molar refractivity (Wildman–Crippen MR) is 145 cm³/mol. The van der Waals surface area contributed by atoms with Crippen molar-refractivity contribution in [3.63, 3.8) is 0 Å². The fourth-order valence-electron chi connectivity index (χ4n) is 6.08. The molecule has 1 aromatic heterocycles. The molecule has 1 saturated heterocycles. The van der Waals surface area contributed by atoms with Gasteiger partial charge < -0.3 is 19.7 Å². The zero-order valence-electron chi connectivity index (χ0n) is 22.5. The van der Waals surface area contributed by atoms with Gasteiger partial charge in [0.2, 0.25) is 11.8 Å². The average molecular weight is 522 g/mol. The lowest BCUT2D eigenvalue weighted by atomic mass is 9.66. The molecule has 4 atom stereocenters. The van der Waals surface area contributed by atoms with E-state index in [2.05, 4.69) is 0 Å². The van der Waals surface area contributed by atoms with E-state index in [-0.39, 0.29) is 30.9 Å². The first kappa shape index (κ1) is 28.0. The molecular weight excluding hydrogens is 482 g/mol. The third kappa shape index (κ3) is 5.55. The molecule has 1 fully saturated rings. The lowest BCUT2D eigenvalue weighted by molar-refractivity contribution is -0.140. The topological polar surface area (TPSA) is 111 Å². The highest BCUT2D eigenvalue weighted by atomic mass is 16.4. The number of furan rings is 1. The molecule has 0 bridgehead atoms. The van der Waals surface area contributed by atoms with Gasteiger partial charge in [-0.2, -0.15) is 0 Å². The fraction of sp³-hybridized carbons (Fsp3) is 0.484. The zero-order chi connectivity index (χ0) is 27.4. The first-order chi connectivity index (χ1) is 18.3. The minimum Gasteiger partial charge on any atom is -0.459 e. The Morgan fingerprint density at radius 3 is 2.45 bits per heavy atom. The Balaban J connectivity index is 1.63. The molecule has 0 saturated carbocycles. The van der Waals surface area contributed by atoms with Crippen LogP contribution in [0.2, 0.25) is 0 Å². The van der Waals surface area contributed by atoms with Gasteiger partial charge in [0.25, 0.3) is 0 Å². The van der Waals surface area contributed by atoms with Crippen LogP contribution in [0.5, 0.6) is 0 Å². The molecule has 7 heteroatoms. The van der Waals surface area contributed by atoms with E-state index < -0.39 is 23.9 Å². The van der Waals surface area contributed by atoms with E-state index in [1.54, 1.807) is 12.1 Å². The van der Waals surface area contributed by atoms with Crippen molar-refractivity contribution in [1.82, 2.24) is 4.90 Å². The highest BCUT2D eigenvalue weighted by Crippen LogP contribution is 2.48. The quantitative estimate of drug-likeness (QED) is 0.298. The maximum atomic E-state index is 13.3. The number of aliphatic hydroxyl groups is 3. The summed E-state index contributed by atoms with van der Waals surface area (Å²) < 4.78 is 5.68. The molecule has 1 aliphatic carbocycles. The Bertz CT molecular complexity index is 1190. The van der Waals surface area contributed by atoms with E-state index >= 15 is 0 Å². The van der Waals surface area contributed by atoms with Crippen LogP contribution in [0.15, 0.2) is 58.0 Å². The van der Waals surface area contributed by atoms with Gasteiger partial charge in [0.1, 0.15) is 18.1 Å². The first-order valence-electron chi connectivity index (χ1n) is 13.6. The number of benzene rings is 1. The summed E-state index contributed by atoms with van der Waals surface area (Å²) in [6.07, 6.45) is 3.08. The van der Waals surface area contributed by atoms with Crippen molar-refractivity contribution in [2.75, 3.05) is 13.2 Å². The van der Waals surface area contributed by atoms with Crippen molar-refractivity contribution < 1.29 is 29.3 Å². The molecule has 2 heterocycles. The third-order valence-electron chi connectivity index (χ3n) is 7.90. The molecule has 3 N–H and O–H groups in total. The van der Waals surface area contributed by atoms with Crippen LogP contribution in [-0.4, -0.2) is 51.3 Å². The van der Waals surface area contributed by atoms with Crippen molar-refractivity contribution in [1.29, 1.82) is 0 Å². The minimum atomic E-state index is -0.870. The smallest absolute Gasteiger partial charge is 0.233 e. The van der Waals surface area contributed by atoms with E-state index in [4.69, 9.17) is 4.42 Å². The Labute approximate surface area is 224 Å². The molecule has 4 rings (SSSR count). The molecule has 2 aliphatic rings. The van der Waals surface area contributed by atoms with Gasteiger partial charge in [-0.3, -0.25) is 14.5 Å². The number of allylic oxidation sites excluding steroid dienone is 2. The van der Waals surface area contributed by atoms with Crippen LogP contribution in [-0.2, 0) is 16.2 Å².